The highest BCUT2D eigenvalue weighted by molar-refractivity contribution is 8.00. The molecule has 10 heteroatoms. The number of Topliss-reactive ketones (excluding diaryl/α,β-unsaturated/α-hetero) is 3. The zero-order chi connectivity index (χ0) is 23.9. The number of pyridine rings is 1. The van der Waals surface area contributed by atoms with Gasteiger partial charge in [-0.2, -0.15) is 0 Å². The molecule has 0 bridgehead atoms. The van der Waals surface area contributed by atoms with Gasteiger partial charge in [-0.15, -0.1) is 11.8 Å². The lowest BCUT2D eigenvalue weighted by molar-refractivity contribution is -0.235. The number of carbonyl (C=O) groups excluding carboxylic acids is 3. The zero-order valence-electron chi connectivity index (χ0n) is 17.5. The summed E-state index contributed by atoms with van der Waals surface area (Å²) >= 11 is 0.687. The van der Waals surface area contributed by atoms with Crippen molar-refractivity contribution in [1.29, 1.82) is 0 Å². The van der Waals surface area contributed by atoms with Crippen LogP contribution in [0.15, 0.2) is 42.6 Å². The number of hydrogen-bond donors (Lipinski definition) is 3. The second kappa shape index (κ2) is 8.36. The maximum absolute atomic E-state index is 14.1. The summed E-state index contributed by atoms with van der Waals surface area (Å²) < 4.78 is 19.9. The molecule has 0 saturated carbocycles. The molecule has 1 aromatic carbocycles. The Morgan fingerprint density at radius 1 is 1.06 bits per heavy atom. The van der Waals surface area contributed by atoms with Crippen LogP contribution in [0.1, 0.15) is 20.8 Å². The summed E-state index contributed by atoms with van der Waals surface area (Å²) in [6, 6.07) is 8.64. The van der Waals surface area contributed by atoms with Gasteiger partial charge in [-0.3, -0.25) is 19.4 Å². The lowest BCUT2D eigenvalue weighted by Gasteiger charge is -2.54. The number of carbonyl (C=O) groups is 3. The summed E-state index contributed by atoms with van der Waals surface area (Å²) in [5, 5.41) is 33.4. The van der Waals surface area contributed by atoms with Crippen LogP contribution in [0.5, 0.6) is 5.75 Å². The summed E-state index contributed by atoms with van der Waals surface area (Å²) in [5.74, 6) is -4.27. The molecule has 2 heterocycles. The van der Waals surface area contributed by atoms with Gasteiger partial charge in [0.2, 0.25) is 5.60 Å². The molecular formula is C22H22FNO7S. The number of benzene rings is 1. The molecule has 2 aromatic rings. The Morgan fingerprint density at radius 3 is 2.31 bits per heavy atom. The van der Waals surface area contributed by atoms with Crippen molar-refractivity contribution in [3.8, 4) is 17.0 Å². The monoisotopic (exact) mass is 463 g/mol. The van der Waals surface area contributed by atoms with Crippen LogP contribution in [0.25, 0.3) is 11.3 Å². The Labute approximate surface area is 187 Å². The molecule has 3 rings (SSSR count). The molecule has 0 spiro atoms. The molecule has 1 aliphatic rings. The molecule has 0 amide bonds. The predicted molar refractivity (Wildman–Crippen MR) is 113 cm³/mol. The zero-order valence-corrected chi connectivity index (χ0v) is 18.4. The van der Waals surface area contributed by atoms with Crippen LogP contribution in [0.4, 0.5) is 4.39 Å². The van der Waals surface area contributed by atoms with Gasteiger partial charge in [0.1, 0.15) is 17.3 Å². The molecule has 3 N–H and O–H groups in total. The number of aromatic nitrogens is 1. The van der Waals surface area contributed by atoms with Crippen molar-refractivity contribution >= 4 is 29.1 Å². The molecule has 8 nitrogen and oxygen atoms in total. The van der Waals surface area contributed by atoms with E-state index in [0.29, 0.717) is 17.3 Å². The van der Waals surface area contributed by atoms with Gasteiger partial charge in [0.15, 0.2) is 34.0 Å². The highest BCUT2D eigenvalue weighted by Crippen LogP contribution is 2.49. The Kier molecular flexibility index (Phi) is 6.27. The third-order valence-corrected chi connectivity index (χ3v) is 7.00. The smallest absolute Gasteiger partial charge is 0.208 e. The molecule has 1 saturated heterocycles. The van der Waals surface area contributed by atoms with Crippen molar-refractivity contribution in [1.82, 2.24) is 4.98 Å². The van der Waals surface area contributed by atoms with E-state index in [1.54, 1.807) is 6.07 Å². The standard InChI is InChI=1S/C22H22FNO7S/c1-12(25)20(28)11-32-19(21(29,13(2)26)22(20,30)14(3)27)31-16-7-4-6-15(10-16)18-17(23)8-5-9-24-18/h4-10,19,28-30H,11H2,1-3H3/t19-,20-,21-,22-/m0/s1. The van der Waals surface area contributed by atoms with E-state index in [2.05, 4.69) is 4.98 Å². The number of ketones is 3. The minimum absolute atomic E-state index is 0.0438. The first kappa shape index (κ1) is 24.0. The van der Waals surface area contributed by atoms with E-state index in [1.807, 2.05) is 0 Å². The van der Waals surface area contributed by atoms with E-state index in [9.17, 15) is 34.1 Å². The maximum Gasteiger partial charge on any atom is 0.208 e. The second-order valence-corrected chi connectivity index (χ2v) is 8.68. The van der Waals surface area contributed by atoms with Crippen molar-refractivity contribution in [3.05, 3.63) is 48.4 Å². The summed E-state index contributed by atoms with van der Waals surface area (Å²) in [6.45, 7) is 2.72. The van der Waals surface area contributed by atoms with Gasteiger partial charge in [0, 0.05) is 17.5 Å². The second-order valence-electron chi connectivity index (χ2n) is 7.63. The normalized spacial score (nSPS) is 29.9. The number of hydrogen-bond acceptors (Lipinski definition) is 9. The molecular weight excluding hydrogens is 441 g/mol. The van der Waals surface area contributed by atoms with Crippen molar-refractivity contribution < 1.29 is 38.8 Å². The van der Waals surface area contributed by atoms with Crippen LogP contribution < -0.4 is 4.74 Å². The van der Waals surface area contributed by atoms with Gasteiger partial charge >= 0.3 is 0 Å². The maximum atomic E-state index is 14.1. The van der Waals surface area contributed by atoms with E-state index in [-0.39, 0.29) is 11.4 Å². The topological polar surface area (TPSA) is 134 Å². The van der Waals surface area contributed by atoms with Crippen LogP contribution in [0, 0.1) is 5.82 Å². The Hall–Kier alpha value is -2.66. The van der Waals surface area contributed by atoms with Crippen LogP contribution in [-0.4, -0.2) is 65.6 Å². The predicted octanol–water partition coefficient (Wildman–Crippen LogP) is 1.30. The summed E-state index contributed by atoms with van der Waals surface area (Å²) in [7, 11) is 0. The number of ether oxygens (including phenoxy) is 1. The Bertz CT molecular complexity index is 1100. The van der Waals surface area contributed by atoms with E-state index in [1.165, 1.54) is 36.5 Å². The number of halogens is 1. The first-order valence-corrected chi connectivity index (χ1v) is 10.6. The molecule has 4 atom stereocenters. The van der Waals surface area contributed by atoms with E-state index < -0.39 is 51.2 Å². The number of rotatable bonds is 6. The SMILES string of the molecule is CC(=O)[C@]1(O)[C@@](O)(C(C)=O)CS[C@H](Oc2cccc(-c3ncccc3F)c2)[C@@]1(O)C(C)=O. The van der Waals surface area contributed by atoms with Gasteiger partial charge in [-0.05, 0) is 45.0 Å². The van der Waals surface area contributed by atoms with Crippen LogP contribution in [0.3, 0.4) is 0 Å². The molecule has 0 aliphatic carbocycles. The lowest BCUT2D eigenvalue weighted by Crippen LogP contribution is -2.82. The highest BCUT2D eigenvalue weighted by Gasteiger charge is 2.75. The average molecular weight is 463 g/mol. The van der Waals surface area contributed by atoms with Crippen LogP contribution in [0.2, 0.25) is 0 Å². The first-order chi connectivity index (χ1) is 14.9. The molecule has 1 fully saturated rings. The fourth-order valence-electron chi connectivity index (χ4n) is 3.80. The molecule has 1 aromatic heterocycles. The Morgan fingerprint density at radius 2 is 1.75 bits per heavy atom. The van der Waals surface area contributed by atoms with E-state index in [0.717, 1.165) is 20.8 Å². The molecule has 32 heavy (non-hydrogen) atoms. The summed E-state index contributed by atoms with van der Waals surface area (Å²) in [5.41, 5.74) is -10.0. The van der Waals surface area contributed by atoms with Gasteiger partial charge in [0.05, 0.1) is 0 Å². The van der Waals surface area contributed by atoms with Crippen LogP contribution >= 0.6 is 11.8 Å². The molecule has 1 aliphatic heterocycles. The van der Waals surface area contributed by atoms with Crippen molar-refractivity contribution in [2.24, 2.45) is 0 Å². The summed E-state index contributed by atoms with van der Waals surface area (Å²) in [4.78, 5) is 41.1. The number of thioether (sulfide) groups is 1. The Balaban J connectivity index is 2.07. The molecule has 0 unspecified atom stereocenters. The third-order valence-electron chi connectivity index (χ3n) is 5.67. The third kappa shape index (κ3) is 3.43. The summed E-state index contributed by atoms with van der Waals surface area (Å²) in [6.07, 6.45) is 1.41. The van der Waals surface area contributed by atoms with Crippen molar-refractivity contribution in [2.45, 2.75) is 43.0 Å². The van der Waals surface area contributed by atoms with Crippen molar-refractivity contribution in [3.63, 3.8) is 0 Å². The highest BCUT2D eigenvalue weighted by atomic mass is 32.2. The van der Waals surface area contributed by atoms with E-state index >= 15 is 0 Å². The minimum Gasteiger partial charge on any atom is -0.476 e. The van der Waals surface area contributed by atoms with Gasteiger partial charge < -0.3 is 20.1 Å². The van der Waals surface area contributed by atoms with Gasteiger partial charge in [0.25, 0.3) is 0 Å². The van der Waals surface area contributed by atoms with E-state index in [4.69, 9.17) is 4.74 Å². The number of nitrogens with zero attached hydrogens (tertiary/aromatic N) is 1. The number of aliphatic hydroxyl groups is 3. The molecule has 170 valence electrons. The van der Waals surface area contributed by atoms with Gasteiger partial charge in [-0.1, -0.05) is 12.1 Å². The largest absolute Gasteiger partial charge is 0.476 e. The fourth-order valence-corrected chi connectivity index (χ4v) is 5.36. The quantitative estimate of drug-likeness (QED) is 0.579. The first-order valence-electron chi connectivity index (χ1n) is 9.59. The fraction of sp³-hybridized carbons (Fsp3) is 0.364. The van der Waals surface area contributed by atoms with Crippen molar-refractivity contribution in [2.75, 3.05) is 5.75 Å². The van der Waals surface area contributed by atoms with Gasteiger partial charge in [-0.25, -0.2) is 4.39 Å². The lowest BCUT2D eigenvalue weighted by atomic mass is 9.65. The minimum atomic E-state index is -3.15. The molecule has 0 radical (unpaired) electrons. The van der Waals surface area contributed by atoms with Crippen LogP contribution in [-0.2, 0) is 14.4 Å². The average Bonchev–Trinajstić information content (AvgIpc) is 2.74.